The van der Waals surface area contributed by atoms with Gasteiger partial charge in [0, 0.05) is 32.7 Å². The van der Waals surface area contributed by atoms with E-state index in [1.54, 1.807) is 0 Å². The van der Waals surface area contributed by atoms with Crippen molar-refractivity contribution in [1.82, 2.24) is 5.32 Å². The van der Waals surface area contributed by atoms with Crippen molar-refractivity contribution in [1.29, 1.82) is 0 Å². The fourth-order valence-electron chi connectivity index (χ4n) is 2.66. The molecule has 2 N–H and O–H groups in total. The minimum Gasteiger partial charge on any atom is -0.395 e. The molecule has 4 nitrogen and oxygen atoms in total. The van der Waals surface area contributed by atoms with Gasteiger partial charge in [-0.2, -0.15) is 0 Å². The average Bonchev–Trinajstić information content (AvgIpc) is 2.45. The summed E-state index contributed by atoms with van der Waals surface area (Å²) in [6.45, 7) is 6.30. The van der Waals surface area contributed by atoms with Crippen molar-refractivity contribution in [2.45, 2.75) is 19.4 Å². The summed E-state index contributed by atoms with van der Waals surface area (Å²) in [5.74, 6) is 0. The van der Waals surface area contributed by atoms with E-state index >= 15 is 0 Å². The number of rotatable bonds is 6. The zero-order valence-corrected chi connectivity index (χ0v) is 12.0. The highest BCUT2D eigenvalue weighted by Crippen LogP contribution is 2.31. The van der Waals surface area contributed by atoms with Crippen LogP contribution in [0.2, 0.25) is 0 Å². The van der Waals surface area contributed by atoms with E-state index in [9.17, 15) is 5.11 Å². The molecule has 1 aromatic rings. The van der Waals surface area contributed by atoms with Gasteiger partial charge in [0.2, 0.25) is 0 Å². The number of fused-ring (bicyclic) bond motifs is 1. The third-order valence-corrected chi connectivity index (χ3v) is 3.80. The second-order valence-electron chi connectivity index (χ2n) is 5.12. The van der Waals surface area contributed by atoms with Crippen LogP contribution in [0.3, 0.4) is 0 Å². The lowest BCUT2D eigenvalue weighted by Gasteiger charge is -2.37. The van der Waals surface area contributed by atoms with Crippen molar-refractivity contribution in [2.24, 2.45) is 0 Å². The molecule has 19 heavy (non-hydrogen) atoms. The number of nitrogens with zero attached hydrogens (tertiary/aromatic N) is 2. The number of benzene rings is 1. The van der Waals surface area contributed by atoms with E-state index in [2.05, 4.69) is 53.4 Å². The molecule has 0 bridgehead atoms. The number of aliphatic hydroxyl groups excluding tert-OH is 1. The standard InChI is InChI=1S/C15H25N3O/c1-3-16-13(12-19)8-9-18-11-10-17(2)14-6-4-5-7-15(14)18/h4-7,13,16,19H,3,8-12H2,1-2H3. The van der Waals surface area contributed by atoms with E-state index in [-0.39, 0.29) is 12.6 Å². The molecule has 2 rings (SSSR count). The minimum atomic E-state index is 0.205. The van der Waals surface area contributed by atoms with Gasteiger partial charge in [-0.15, -0.1) is 0 Å². The van der Waals surface area contributed by atoms with Crippen molar-refractivity contribution in [3.63, 3.8) is 0 Å². The molecule has 0 amide bonds. The number of aliphatic hydroxyl groups is 1. The highest BCUT2D eigenvalue weighted by atomic mass is 16.3. The summed E-state index contributed by atoms with van der Waals surface area (Å²) >= 11 is 0. The van der Waals surface area contributed by atoms with E-state index in [0.717, 1.165) is 32.6 Å². The Balaban J connectivity index is 2.00. The van der Waals surface area contributed by atoms with Crippen LogP contribution in [0.25, 0.3) is 0 Å². The fourth-order valence-corrected chi connectivity index (χ4v) is 2.66. The molecule has 0 aliphatic carbocycles. The maximum Gasteiger partial charge on any atom is 0.0604 e. The molecule has 0 radical (unpaired) electrons. The first kappa shape index (κ1) is 14.2. The van der Waals surface area contributed by atoms with Crippen molar-refractivity contribution in [2.75, 3.05) is 49.6 Å². The van der Waals surface area contributed by atoms with Gasteiger partial charge in [0.1, 0.15) is 0 Å². The van der Waals surface area contributed by atoms with Crippen LogP contribution >= 0.6 is 0 Å². The number of nitrogens with one attached hydrogen (secondary N) is 1. The molecule has 0 spiro atoms. The Morgan fingerprint density at radius 2 is 2.00 bits per heavy atom. The first-order valence-electron chi connectivity index (χ1n) is 7.15. The maximum absolute atomic E-state index is 9.33. The number of hydrogen-bond acceptors (Lipinski definition) is 4. The van der Waals surface area contributed by atoms with Crippen molar-refractivity contribution in [3.8, 4) is 0 Å². The number of para-hydroxylation sites is 2. The normalized spacial score (nSPS) is 16.4. The largest absolute Gasteiger partial charge is 0.395 e. The molecule has 1 atom stereocenters. The molecule has 0 saturated carbocycles. The van der Waals surface area contributed by atoms with Gasteiger partial charge in [0.05, 0.1) is 18.0 Å². The number of likely N-dealkylation sites (N-methyl/N-ethyl adjacent to an activating group) is 2. The van der Waals surface area contributed by atoms with Crippen molar-refractivity contribution in [3.05, 3.63) is 24.3 Å². The Labute approximate surface area is 116 Å². The number of hydrogen-bond donors (Lipinski definition) is 2. The summed E-state index contributed by atoms with van der Waals surface area (Å²) in [5, 5.41) is 12.7. The molecule has 0 aromatic heterocycles. The third-order valence-electron chi connectivity index (χ3n) is 3.80. The van der Waals surface area contributed by atoms with Crippen molar-refractivity contribution >= 4 is 11.4 Å². The molecule has 1 aliphatic rings. The lowest BCUT2D eigenvalue weighted by Crippen LogP contribution is -2.42. The lowest BCUT2D eigenvalue weighted by molar-refractivity contribution is 0.238. The maximum atomic E-state index is 9.33. The molecule has 1 heterocycles. The van der Waals surface area contributed by atoms with Gasteiger partial charge < -0.3 is 20.2 Å². The Bertz CT molecular complexity index is 397. The molecule has 1 unspecified atom stereocenters. The van der Waals surface area contributed by atoms with E-state index < -0.39 is 0 Å². The predicted octanol–water partition coefficient (Wildman–Crippen LogP) is 1.30. The van der Waals surface area contributed by atoms with E-state index in [4.69, 9.17) is 0 Å². The highest BCUT2D eigenvalue weighted by molar-refractivity contribution is 5.73. The minimum absolute atomic E-state index is 0.205. The summed E-state index contributed by atoms with van der Waals surface area (Å²) in [6.07, 6.45) is 0.975. The smallest absolute Gasteiger partial charge is 0.0604 e. The molecule has 0 saturated heterocycles. The fraction of sp³-hybridized carbons (Fsp3) is 0.600. The quantitative estimate of drug-likeness (QED) is 0.811. The zero-order valence-electron chi connectivity index (χ0n) is 12.0. The van der Waals surface area contributed by atoms with Crippen LogP contribution in [-0.4, -0.2) is 51.0 Å². The molecule has 0 fully saturated rings. The summed E-state index contributed by atoms with van der Waals surface area (Å²) in [4.78, 5) is 4.73. The molecular formula is C15H25N3O. The number of anilines is 2. The van der Waals surface area contributed by atoms with E-state index in [0.29, 0.717) is 0 Å². The monoisotopic (exact) mass is 263 g/mol. The Kier molecular flexibility index (Phi) is 5.05. The first-order valence-corrected chi connectivity index (χ1v) is 7.15. The molecule has 1 aromatic carbocycles. The molecule has 4 heteroatoms. The summed E-state index contributed by atoms with van der Waals surface area (Å²) in [7, 11) is 2.14. The van der Waals surface area contributed by atoms with Crippen LogP contribution in [0.1, 0.15) is 13.3 Å². The summed E-state index contributed by atoms with van der Waals surface area (Å²) in [6, 6.07) is 8.76. The average molecular weight is 263 g/mol. The zero-order chi connectivity index (χ0) is 13.7. The van der Waals surface area contributed by atoms with Crippen molar-refractivity contribution < 1.29 is 5.11 Å². The van der Waals surface area contributed by atoms with Crippen LogP contribution in [0, 0.1) is 0 Å². The Morgan fingerprint density at radius 1 is 1.26 bits per heavy atom. The molecular weight excluding hydrogens is 238 g/mol. The predicted molar refractivity (Wildman–Crippen MR) is 81.1 cm³/mol. The van der Waals surface area contributed by atoms with E-state index in [1.807, 2.05) is 0 Å². The topological polar surface area (TPSA) is 38.7 Å². The van der Waals surface area contributed by atoms with E-state index in [1.165, 1.54) is 11.4 Å². The second kappa shape index (κ2) is 6.78. The summed E-state index contributed by atoms with van der Waals surface area (Å²) < 4.78 is 0. The van der Waals surface area contributed by atoms with Gasteiger partial charge >= 0.3 is 0 Å². The van der Waals surface area contributed by atoms with Gasteiger partial charge in [-0.3, -0.25) is 0 Å². The highest BCUT2D eigenvalue weighted by Gasteiger charge is 2.20. The van der Waals surface area contributed by atoms with Gasteiger partial charge in [-0.05, 0) is 25.1 Å². The van der Waals surface area contributed by atoms with Crippen LogP contribution < -0.4 is 15.1 Å². The van der Waals surface area contributed by atoms with Crippen LogP contribution in [0.5, 0.6) is 0 Å². The second-order valence-corrected chi connectivity index (χ2v) is 5.12. The van der Waals surface area contributed by atoms with Crippen LogP contribution in [0.15, 0.2) is 24.3 Å². The van der Waals surface area contributed by atoms with Crippen LogP contribution in [0.4, 0.5) is 11.4 Å². The van der Waals surface area contributed by atoms with Gasteiger partial charge in [0.25, 0.3) is 0 Å². The van der Waals surface area contributed by atoms with Gasteiger partial charge in [0.15, 0.2) is 0 Å². The summed E-state index contributed by atoms with van der Waals surface area (Å²) in [5.41, 5.74) is 2.61. The molecule has 106 valence electrons. The third kappa shape index (κ3) is 3.39. The Morgan fingerprint density at radius 3 is 2.68 bits per heavy atom. The SMILES string of the molecule is CCNC(CO)CCN1CCN(C)c2ccccc21. The van der Waals surface area contributed by atoms with Gasteiger partial charge in [-0.25, -0.2) is 0 Å². The van der Waals surface area contributed by atoms with Gasteiger partial charge in [-0.1, -0.05) is 19.1 Å². The Hall–Kier alpha value is -1.26. The first-order chi connectivity index (χ1) is 9.26. The molecule has 1 aliphatic heterocycles. The van der Waals surface area contributed by atoms with Crippen LogP contribution in [-0.2, 0) is 0 Å². The lowest BCUT2D eigenvalue weighted by atomic mass is 10.1.